The van der Waals surface area contributed by atoms with Crippen LogP contribution < -0.4 is 14.8 Å². The molecule has 0 bridgehead atoms. The number of aliphatic imine (C=N–C) groups is 1. The molecule has 1 aromatic carbocycles. The number of hydrogen-bond donors (Lipinski definition) is 1. The molecule has 0 radical (unpaired) electrons. The van der Waals surface area contributed by atoms with E-state index in [-0.39, 0.29) is 24.0 Å². The highest BCUT2D eigenvalue weighted by Gasteiger charge is 2.10. The molecular formula is C21H37IN4O3. The molecule has 1 fully saturated rings. The van der Waals surface area contributed by atoms with E-state index in [0.29, 0.717) is 0 Å². The largest absolute Gasteiger partial charge is 0.493 e. The molecule has 0 amide bonds. The highest BCUT2D eigenvalue weighted by molar-refractivity contribution is 14.0. The Morgan fingerprint density at radius 3 is 2.59 bits per heavy atom. The Labute approximate surface area is 192 Å². The fourth-order valence-electron chi connectivity index (χ4n) is 3.21. The van der Waals surface area contributed by atoms with Crippen LogP contribution in [0.5, 0.6) is 11.5 Å². The fourth-order valence-corrected chi connectivity index (χ4v) is 3.21. The van der Waals surface area contributed by atoms with Crippen LogP contribution >= 0.6 is 24.0 Å². The number of hydrogen-bond acceptors (Lipinski definition) is 5. The summed E-state index contributed by atoms with van der Waals surface area (Å²) in [5.74, 6) is 2.49. The molecule has 0 spiro atoms. The van der Waals surface area contributed by atoms with Gasteiger partial charge in [-0.15, -0.1) is 24.0 Å². The number of guanidine groups is 1. The van der Waals surface area contributed by atoms with Crippen molar-refractivity contribution in [3.05, 3.63) is 23.8 Å². The molecule has 0 aliphatic carbocycles. The number of nitrogens with one attached hydrogen (secondary N) is 1. The third kappa shape index (κ3) is 8.96. The summed E-state index contributed by atoms with van der Waals surface area (Å²) in [5.41, 5.74) is 1.22. The van der Waals surface area contributed by atoms with Gasteiger partial charge in [0, 0.05) is 46.3 Å². The lowest BCUT2D eigenvalue weighted by Crippen LogP contribution is -2.40. The molecule has 166 valence electrons. The molecule has 29 heavy (non-hydrogen) atoms. The van der Waals surface area contributed by atoms with E-state index in [9.17, 15) is 0 Å². The van der Waals surface area contributed by atoms with Crippen LogP contribution in [0.25, 0.3) is 0 Å². The number of methoxy groups -OCH3 is 2. The quantitative estimate of drug-likeness (QED) is 0.222. The van der Waals surface area contributed by atoms with E-state index in [1.165, 1.54) is 5.56 Å². The van der Waals surface area contributed by atoms with Crippen molar-refractivity contribution in [2.75, 3.05) is 73.7 Å². The van der Waals surface area contributed by atoms with Gasteiger partial charge in [-0.1, -0.05) is 6.07 Å². The van der Waals surface area contributed by atoms with Gasteiger partial charge in [-0.25, -0.2) is 0 Å². The second-order valence-electron chi connectivity index (χ2n) is 6.90. The minimum atomic E-state index is 0. The number of benzene rings is 1. The average molecular weight is 520 g/mol. The summed E-state index contributed by atoms with van der Waals surface area (Å²) < 4.78 is 16.1. The number of likely N-dealkylation sites (N-methyl/N-ethyl adjacent to an activating group) is 1. The predicted molar refractivity (Wildman–Crippen MR) is 129 cm³/mol. The van der Waals surface area contributed by atoms with Gasteiger partial charge >= 0.3 is 0 Å². The third-order valence-electron chi connectivity index (χ3n) is 4.88. The molecule has 0 atom stereocenters. The van der Waals surface area contributed by atoms with Crippen molar-refractivity contribution in [2.45, 2.75) is 19.8 Å². The zero-order chi connectivity index (χ0) is 20.2. The van der Waals surface area contributed by atoms with Crippen molar-refractivity contribution in [1.29, 1.82) is 0 Å². The Morgan fingerprint density at radius 1 is 1.21 bits per heavy atom. The monoisotopic (exact) mass is 520 g/mol. The second-order valence-corrected chi connectivity index (χ2v) is 6.90. The Morgan fingerprint density at radius 2 is 1.93 bits per heavy atom. The summed E-state index contributed by atoms with van der Waals surface area (Å²) in [7, 11) is 5.41. The molecule has 0 saturated carbocycles. The molecule has 0 aromatic heterocycles. The van der Waals surface area contributed by atoms with Gasteiger partial charge in [-0.2, -0.15) is 0 Å². The maximum Gasteiger partial charge on any atom is 0.193 e. The maximum atomic E-state index is 5.40. The van der Waals surface area contributed by atoms with Gasteiger partial charge in [0.05, 0.1) is 27.4 Å². The van der Waals surface area contributed by atoms with Crippen molar-refractivity contribution in [2.24, 2.45) is 4.99 Å². The van der Waals surface area contributed by atoms with Crippen LogP contribution in [0.4, 0.5) is 0 Å². The molecule has 1 aliphatic rings. The number of nitrogens with zero attached hydrogens (tertiary/aromatic N) is 3. The lowest BCUT2D eigenvalue weighted by Gasteiger charge is -2.26. The molecule has 1 aliphatic heterocycles. The lowest BCUT2D eigenvalue weighted by atomic mass is 10.1. The fraction of sp³-hybridized carbons (Fsp3) is 0.667. The van der Waals surface area contributed by atoms with Crippen LogP contribution in [-0.2, 0) is 11.2 Å². The number of ether oxygens (including phenoxy) is 3. The summed E-state index contributed by atoms with van der Waals surface area (Å²) in [6.07, 6.45) is 1.98. The van der Waals surface area contributed by atoms with Crippen molar-refractivity contribution in [3.63, 3.8) is 0 Å². The molecule has 1 heterocycles. The molecule has 8 heteroatoms. The Bertz CT molecular complexity index is 610. The molecule has 1 aromatic rings. The van der Waals surface area contributed by atoms with Gasteiger partial charge in [0.2, 0.25) is 0 Å². The van der Waals surface area contributed by atoms with Crippen molar-refractivity contribution in [1.82, 2.24) is 15.1 Å². The van der Waals surface area contributed by atoms with Crippen molar-refractivity contribution >= 4 is 29.9 Å². The van der Waals surface area contributed by atoms with Crippen LogP contribution in [0.3, 0.4) is 0 Å². The third-order valence-corrected chi connectivity index (χ3v) is 4.88. The molecule has 2 rings (SSSR count). The SMILES string of the molecule is CCNC(=NCCCN1CCOCC1)N(C)CCc1ccc(OC)c(OC)c1.I. The van der Waals surface area contributed by atoms with E-state index in [1.807, 2.05) is 12.1 Å². The number of rotatable bonds is 10. The summed E-state index contributed by atoms with van der Waals surface area (Å²) in [6, 6.07) is 6.08. The van der Waals surface area contributed by atoms with Crippen molar-refractivity contribution in [3.8, 4) is 11.5 Å². The standard InChI is InChI=1S/C21H36N4O3.HI/c1-5-22-21(23-10-6-11-25-13-15-28-16-14-25)24(2)12-9-18-7-8-19(26-3)20(17-18)27-4;/h7-8,17H,5-6,9-16H2,1-4H3,(H,22,23);1H. The highest BCUT2D eigenvalue weighted by Crippen LogP contribution is 2.27. The van der Waals surface area contributed by atoms with Gasteiger partial charge in [-0.05, 0) is 37.5 Å². The van der Waals surface area contributed by atoms with Gasteiger partial charge in [0.25, 0.3) is 0 Å². The number of morpholine rings is 1. The van der Waals surface area contributed by atoms with Crippen LogP contribution in [-0.4, -0.2) is 89.5 Å². The first-order valence-corrected chi connectivity index (χ1v) is 10.2. The summed E-state index contributed by atoms with van der Waals surface area (Å²) >= 11 is 0. The molecule has 7 nitrogen and oxygen atoms in total. The smallest absolute Gasteiger partial charge is 0.193 e. The summed E-state index contributed by atoms with van der Waals surface area (Å²) in [5, 5.41) is 3.40. The van der Waals surface area contributed by atoms with Gasteiger partial charge in [0.15, 0.2) is 17.5 Å². The Kier molecular flexibility index (Phi) is 13.0. The topological polar surface area (TPSA) is 58.6 Å². The van der Waals surface area contributed by atoms with E-state index >= 15 is 0 Å². The second kappa shape index (κ2) is 14.7. The van der Waals surface area contributed by atoms with E-state index in [2.05, 4.69) is 35.2 Å². The zero-order valence-corrected chi connectivity index (χ0v) is 20.6. The summed E-state index contributed by atoms with van der Waals surface area (Å²) in [4.78, 5) is 9.44. The van der Waals surface area contributed by atoms with Crippen molar-refractivity contribution < 1.29 is 14.2 Å². The van der Waals surface area contributed by atoms with E-state index in [4.69, 9.17) is 19.2 Å². The van der Waals surface area contributed by atoms with Gasteiger partial charge in [-0.3, -0.25) is 9.89 Å². The van der Waals surface area contributed by atoms with E-state index < -0.39 is 0 Å². The predicted octanol–water partition coefficient (Wildman–Crippen LogP) is 2.48. The zero-order valence-electron chi connectivity index (χ0n) is 18.3. The molecule has 0 unspecified atom stereocenters. The normalized spacial score (nSPS) is 14.8. The minimum Gasteiger partial charge on any atom is -0.493 e. The molecule has 1 N–H and O–H groups in total. The molecular weight excluding hydrogens is 483 g/mol. The lowest BCUT2D eigenvalue weighted by molar-refractivity contribution is 0.0377. The van der Waals surface area contributed by atoms with Crippen LogP contribution in [0, 0.1) is 0 Å². The summed E-state index contributed by atoms with van der Waals surface area (Å²) in [6.45, 7) is 9.54. The average Bonchev–Trinajstić information content (AvgIpc) is 2.74. The first kappa shape index (κ1) is 25.8. The first-order valence-electron chi connectivity index (χ1n) is 10.2. The van der Waals surface area contributed by atoms with Crippen LogP contribution in [0.1, 0.15) is 18.9 Å². The van der Waals surface area contributed by atoms with Crippen LogP contribution in [0.2, 0.25) is 0 Å². The molecule has 1 saturated heterocycles. The minimum absolute atomic E-state index is 0. The van der Waals surface area contributed by atoms with Gasteiger partial charge < -0.3 is 24.4 Å². The van der Waals surface area contributed by atoms with E-state index in [1.54, 1.807) is 14.2 Å². The van der Waals surface area contributed by atoms with Gasteiger partial charge in [0.1, 0.15) is 0 Å². The van der Waals surface area contributed by atoms with Crippen LogP contribution in [0.15, 0.2) is 23.2 Å². The van der Waals surface area contributed by atoms with E-state index in [0.717, 1.165) is 82.8 Å². The maximum absolute atomic E-state index is 5.40. The first-order chi connectivity index (χ1) is 13.7. The Balaban J connectivity index is 0.00000420. The Hall–Kier alpha value is -1.26. The number of halogens is 1. The highest BCUT2D eigenvalue weighted by atomic mass is 127.